The van der Waals surface area contributed by atoms with E-state index in [9.17, 15) is 4.79 Å². The van der Waals surface area contributed by atoms with Crippen LogP contribution in [0.4, 0.5) is 0 Å². The molecular formula is C10H10N2O3. The average Bonchev–Trinajstić information content (AvgIpc) is 2.19. The molecule has 0 radical (unpaired) electrons. The number of aromatic carboxylic acids is 1. The van der Waals surface area contributed by atoms with Crippen LogP contribution in [0.5, 0.6) is 5.88 Å². The van der Waals surface area contributed by atoms with Crippen molar-refractivity contribution in [2.75, 3.05) is 6.61 Å². The molecule has 0 fully saturated rings. The Labute approximate surface area is 87.1 Å². The maximum atomic E-state index is 11.0. The highest BCUT2D eigenvalue weighted by Crippen LogP contribution is 2.20. The zero-order valence-corrected chi connectivity index (χ0v) is 8.44. The van der Waals surface area contributed by atoms with Gasteiger partial charge in [-0.2, -0.15) is 5.10 Å². The van der Waals surface area contributed by atoms with Gasteiger partial charge < -0.3 is 9.84 Å². The van der Waals surface area contributed by atoms with E-state index in [1.54, 1.807) is 13.8 Å². The van der Waals surface area contributed by atoms with E-state index in [0.29, 0.717) is 11.3 Å². The molecule has 1 aromatic rings. The topological polar surface area (TPSA) is 72.3 Å². The Bertz CT molecular complexity index is 435. The summed E-state index contributed by atoms with van der Waals surface area (Å²) in [6, 6.07) is 0. The number of aromatic nitrogens is 2. The summed E-state index contributed by atoms with van der Waals surface area (Å²) in [6.07, 6.45) is 5.00. The summed E-state index contributed by atoms with van der Waals surface area (Å²) in [6.45, 7) is 3.30. The van der Waals surface area contributed by atoms with Gasteiger partial charge in [-0.3, -0.25) is 0 Å². The van der Waals surface area contributed by atoms with Crippen molar-refractivity contribution in [3.63, 3.8) is 0 Å². The molecule has 1 aromatic heterocycles. The van der Waals surface area contributed by atoms with Crippen molar-refractivity contribution in [1.82, 2.24) is 10.2 Å². The van der Waals surface area contributed by atoms with Crippen molar-refractivity contribution in [3.05, 3.63) is 16.8 Å². The predicted octanol–water partition coefficient (Wildman–Crippen LogP) is 0.804. The fraction of sp³-hybridized carbons (Fsp3) is 0.300. The van der Waals surface area contributed by atoms with E-state index in [0.717, 1.165) is 0 Å². The van der Waals surface area contributed by atoms with Gasteiger partial charge in [0.25, 0.3) is 0 Å². The molecule has 1 heterocycles. The Morgan fingerprint density at radius 1 is 1.53 bits per heavy atom. The number of nitrogens with zero attached hydrogens (tertiary/aromatic N) is 2. The third-order valence-electron chi connectivity index (χ3n) is 1.93. The number of hydrogen-bond donors (Lipinski definition) is 1. The number of hydrogen-bond acceptors (Lipinski definition) is 4. The molecule has 0 aromatic carbocycles. The summed E-state index contributed by atoms with van der Waals surface area (Å²) >= 11 is 0. The average molecular weight is 206 g/mol. The first kappa shape index (κ1) is 11.0. The molecule has 15 heavy (non-hydrogen) atoms. The van der Waals surface area contributed by atoms with Crippen LogP contribution < -0.4 is 4.74 Å². The summed E-state index contributed by atoms with van der Waals surface area (Å²) in [5, 5.41) is 16.4. The van der Waals surface area contributed by atoms with Crippen molar-refractivity contribution >= 4 is 5.97 Å². The molecule has 0 amide bonds. The zero-order valence-electron chi connectivity index (χ0n) is 8.44. The molecule has 0 saturated heterocycles. The van der Waals surface area contributed by atoms with Gasteiger partial charge in [0.15, 0.2) is 6.61 Å². The van der Waals surface area contributed by atoms with Gasteiger partial charge in [-0.15, -0.1) is 11.5 Å². The molecule has 1 rings (SSSR count). The zero-order chi connectivity index (χ0) is 11.4. The van der Waals surface area contributed by atoms with Crippen molar-refractivity contribution in [1.29, 1.82) is 0 Å². The lowest BCUT2D eigenvalue weighted by Gasteiger charge is -2.08. The molecule has 0 aliphatic heterocycles. The number of aryl methyl sites for hydroxylation is 1. The number of carbonyl (C=O) groups is 1. The van der Waals surface area contributed by atoms with Gasteiger partial charge in [0.1, 0.15) is 5.56 Å². The summed E-state index contributed by atoms with van der Waals surface area (Å²) < 4.78 is 4.99. The fourth-order valence-electron chi connectivity index (χ4n) is 1.05. The second-order valence-corrected chi connectivity index (χ2v) is 2.89. The molecule has 0 bridgehead atoms. The Morgan fingerprint density at radius 3 is 2.73 bits per heavy atom. The molecule has 5 nitrogen and oxygen atoms in total. The van der Waals surface area contributed by atoms with E-state index in [1.165, 1.54) is 0 Å². The standard InChI is InChI=1S/C10H10N2O3/c1-4-5-15-9-8(10(13)14)6(2)7(3)11-12-9/h1H,5H2,2-3H3,(H,13,14). The smallest absolute Gasteiger partial charge is 0.341 e. The molecule has 0 aliphatic rings. The van der Waals surface area contributed by atoms with E-state index in [4.69, 9.17) is 16.3 Å². The monoisotopic (exact) mass is 206 g/mol. The normalized spacial score (nSPS) is 9.40. The third-order valence-corrected chi connectivity index (χ3v) is 1.93. The van der Waals surface area contributed by atoms with Crippen molar-refractivity contribution in [2.45, 2.75) is 13.8 Å². The minimum Gasteiger partial charge on any atom is -0.477 e. The Hall–Kier alpha value is -2.09. The van der Waals surface area contributed by atoms with Crippen molar-refractivity contribution in [3.8, 4) is 18.2 Å². The Morgan fingerprint density at radius 2 is 2.20 bits per heavy atom. The highest BCUT2D eigenvalue weighted by Gasteiger charge is 2.18. The summed E-state index contributed by atoms with van der Waals surface area (Å²) in [7, 11) is 0. The molecular weight excluding hydrogens is 196 g/mol. The number of carboxylic acid groups (broad SMARTS) is 1. The van der Waals surface area contributed by atoms with Gasteiger partial charge in [0, 0.05) is 0 Å². The van der Waals surface area contributed by atoms with Crippen LogP contribution in [0.1, 0.15) is 21.6 Å². The first-order valence-corrected chi connectivity index (χ1v) is 4.21. The largest absolute Gasteiger partial charge is 0.477 e. The van der Waals surface area contributed by atoms with E-state index in [1.807, 2.05) is 0 Å². The molecule has 0 atom stereocenters. The minimum atomic E-state index is -1.10. The van der Waals surface area contributed by atoms with Crippen LogP contribution in [0.2, 0.25) is 0 Å². The van der Waals surface area contributed by atoms with Gasteiger partial charge in [-0.1, -0.05) is 5.92 Å². The van der Waals surface area contributed by atoms with Gasteiger partial charge in [0.2, 0.25) is 5.88 Å². The molecule has 0 unspecified atom stereocenters. The quantitative estimate of drug-likeness (QED) is 0.740. The van der Waals surface area contributed by atoms with Crippen LogP contribution in [0.3, 0.4) is 0 Å². The SMILES string of the molecule is C#CCOc1nnc(C)c(C)c1C(=O)O. The molecule has 0 saturated carbocycles. The van der Waals surface area contributed by atoms with Crippen molar-refractivity contribution < 1.29 is 14.6 Å². The van der Waals surface area contributed by atoms with Crippen LogP contribution >= 0.6 is 0 Å². The highest BCUT2D eigenvalue weighted by molar-refractivity contribution is 5.91. The minimum absolute atomic E-state index is 0.0118. The lowest BCUT2D eigenvalue weighted by molar-refractivity contribution is 0.0690. The summed E-state index contributed by atoms with van der Waals surface area (Å²) in [5.41, 5.74) is 1.10. The maximum Gasteiger partial charge on any atom is 0.341 e. The van der Waals surface area contributed by atoms with Gasteiger partial charge >= 0.3 is 5.97 Å². The van der Waals surface area contributed by atoms with Gasteiger partial charge in [-0.05, 0) is 19.4 Å². The van der Waals surface area contributed by atoms with Crippen LogP contribution in [-0.4, -0.2) is 27.9 Å². The first-order valence-electron chi connectivity index (χ1n) is 4.21. The van der Waals surface area contributed by atoms with E-state index >= 15 is 0 Å². The van der Waals surface area contributed by atoms with Gasteiger partial charge in [0.05, 0.1) is 5.69 Å². The summed E-state index contributed by atoms with van der Waals surface area (Å²) in [5.74, 6) is 1.10. The molecule has 1 N–H and O–H groups in total. The maximum absolute atomic E-state index is 11.0. The van der Waals surface area contributed by atoms with Crippen LogP contribution in [-0.2, 0) is 0 Å². The molecule has 0 aliphatic carbocycles. The molecule has 78 valence electrons. The summed E-state index contributed by atoms with van der Waals surface area (Å²) in [4.78, 5) is 11.0. The van der Waals surface area contributed by atoms with E-state index < -0.39 is 5.97 Å². The fourth-order valence-corrected chi connectivity index (χ4v) is 1.05. The van der Waals surface area contributed by atoms with Crippen LogP contribution in [0, 0.1) is 26.2 Å². The third kappa shape index (κ3) is 2.23. The number of terminal acetylenes is 1. The Kier molecular flexibility index (Phi) is 3.24. The first-order chi connectivity index (χ1) is 7.07. The molecule has 5 heteroatoms. The number of ether oxygens (including phenoxy) is 1. The number of carboxylic acids is 1. The van der Waals surface area contributed by atoms with E-state index in [2.05, 4.69) is 16.1 Å². The van der Waals surface area contributed by atoms with Crippen LogP contribution in [0.15, 0.2) is 0 Å². The second kappa shape index (κ2) is 4.42. The van der Waals surface area contributed by atoms with Crippen LogP contribution in [0.25, 0.3) is 0 Å². The lowest BCUT2D eigenvalue weighted by Crippen LogP contribution is -2.10. The predicted molar refractivity (Wildman–Crippen MR) is 52.8 cm³/mol. The number of rotatable bonds is 3. The van der Waals surface area contributed by atoms with Crippen molar-refractivity contribution in [2.24, 2.45) is 0 Å². The second-order valence-electron chi connectivity index (χ2n) is 2.89. The molecule has 0 spiro atoms. The lowest BCUT2D eigenvalue weighted by atomic mass is 10.1. The van der Waals surface area contributed by atoms with Gasteiger partial charge in [-0.25, -0.2) is 4.79 Å². The Balaban J connectivity index is 3.22. The highest BCUT2D eigenvalue weighted by atomic mass is 16.5. The van der Waals surface area contributed by atoms with E-state index in [-0.39, 0.29) is 18.1 Å².